The number of pyridine rings is 1. The van der Waals surface area contributed by atoms with Crippen molar-refractivity contribution in [2.45, 2.75) is 26.7 Å². The van der Waals surface area contributed by atoms with E-state index in [9.17, 15) is 4.79 Å². The number of anilines is 1. The van der Waals surface area contributed by atoms with Crippen LogP contribution in [0.4, 0.5) is 5.69 Å². The fourth-order valence-corrected chi connectivity index (χ4v) is 3.21. The van der Waals surface area contributed by atoms with E-state index in [1.54, 1.807) is 0 Å². The SMILES string of the molecule is CCCc1ccc(C(=O)Nc2ccc(Oc3ccccc3I)cc2)c(C)n1. The van der Waals surface area contributed by atoms with Crippen LogP contribution < -0.4 is 10.1 Å². The molecule has 0 aliphatic heterocycles. The second-order valence-electron chi connectivity index (χ2n) is 6.20. The van der Waals surface area contributed by atoms with Gasteiger partial charge in [-0.25, -0.2) is 0 Å². The van der Waals surface area contributed by atoms with Crippen LogP contribution >= 0.6 is 22.6 Å². The van der Waals surface area contributed by atoms with E-state index in [-0.39, 0.29) is 5.91 Å². The van der Waals surface area contributed by atoms with Crippen molar-refractivity contribution in [3.63, 3.8) is 0 Å². The Hall–Kier alpha value is -2.41. The van der Waals surface area contributed by atoms with Crippen molar-refractivity contribution < 1.29 is 9.53 Å². The molecule has 1 N–H and O–H groups in total. The molecule has 0 fully saturated rings. The van der Waals surface area contributed by atoms with E-state index in [0.717, 1.165) is 39.3 Å². The molecular weight excluding hydrogens is 451 g/mol. The van der Waals surface area contributed by atoms with E-state index < -0.39 is 0 Å². The van der Waals surface area contributed by atoms with Crippen LogP contribution in [0.15, 0.2) is 60.7 Å². The van der Waals surface area contributed by atoms with Crippen molar-refractivity contribution >= 4 is 34.2 Å². The number of hydrogen-bond donors (Lipinski definition) is 1. The second kappa shape index (κ2) is 8.99. The molecule has 4 nitrogen and oxygen atoms in total. The maximum Gasteiger partial charge on any atom is 0.257 e. The molecule has 5 heteroatoms. The number of halogens is 1. The fraction of sp³-hybridized carbons (Fsp3) is 0.182. The predicted octanol–water partition coefficient (Wildman–Crippen LogP) is 5.99. The minimum absolute atomic E-state index is 0.158. The Morgan fingerprint density at radius 3 is 2.48 bits per heavy atom. The van der Waals surface area contributed by atoms with Gasteiger partial charge in [0.15, 0.2) is 0 Å². The monoisotopic (exact) mass is 472 g/mol. The molecule has 0 aliphatic rings. The number of carbonyl (C=O) groups excluding carboxylic acids is 1. The number of ether oxygens (including phenoxy) is 1. The van der Waals surface area contributed by atoms with Gasteiger partial charge in [-0.15, -0.1) is 0 Å². The number of nitrogens with zero attached hydrogens (tertiary/aromatic N) is 1. The van der Waals surface area contributed by atoms with E-state index in [2.05, 4.69) is 39.8 Å². The zero-order valence-electron chi connectivity index (χ0n) is 15.3. The molecule has 0 saturated carbocycles. The number of aromatic nitrogens is 1. The third-order valence-electron chi connectivity index (χ3n) is 4.07. The first-order valence-electron chi connectivity index (χ1n) is 8.87. The highest BCUT2D eigenvalue weighted by Gasteiger charge is 2.11. The van der Waals surface area contributed by atoms with Gasteiger partial charge in [0.05, 0.1) is 14.8 Å². The highest BCUT2D eigenvalue weighted by Crippen LogP contribution is 2.27. The summed E-state index contributed by atoms with van der Waals surface area (Å²) < 4.78 is 6.92. The molecule has 0 aliphatic carbocycles. The average Bonchev–Trinajstić information content (AvgIpc) is 2.65. The van der Waals surface area contributed by atoms with Crippen LogP contribution in [0.25, 0.3) is 0 Å². The summed E-state index contributed by atoms with van der Waals surface area (Å²) >= 11 is 2.24. The zero-order chi connectivity index (χ0) is 19.2. The zero-order valence-corrected chi connectivity index (χ0v) is 17.5. The van der Waals surface area contributed by atoms with Crippen LogP contribution in [0.3, 0.4) is 0 Å². The summed E-state index contributed by atoms with van der Waals surface area (Å²) in [7, 11) is 0. The molecule has 0 atom stereocenters. The number of hydrogen-bond acceptors (Lipinski definition) is 3. The van der Waals surface area contributed by atoms with E-state index in [0.29, 0.717) is 11.3 Å². The Labute approximate surface area is 173 Å². The van der Waals surface area contributed by atoms with E-state index >= 15 is 0 Å². The van der Waals surface area contributed by atoms with Crippen molar-refractivity contribution in [3.8, 4) is 11.5 Å². The molecule has 138 valence electrons. The smallest absolute Gasteiger partial charge is 0.257 e. The van der Waals surface area contributed by atoms with Gasteiger partial charge in [-0.05, 0) is 84.5 Å². The van der Waals surface area contributed by atoms with Crippen LogP contribution in [0.1, 0.15) is 35.1 Å². The van der Waals surface area contributed by atoms with Crippen molar-refractivity contribution in [2.24, 2.45) is 0 Å². The van der Waals surface area contributed by atoms with Crippen molar-refractivity contribution in [1.29, 1.82) is 0 Å². The van der Waals surface area contributed by atoms with Gasteiger partial charge in [0.1, 0.15) is 11.5 Å². The highest BCUT2D eigenvalue weighted by atomic mass is 127. The lowest BCUT2D eigenvalue weighted by Crippen LogP contribution is -2.14. The third kappa shape index (κ3) is 5.07. The Morgan fingerprint density at radius 2 is 1.81 bits per heavy atom. The minimum Gasteiger partial charge on any atom is -0.456 e. The van der Waals surface area contributed by atoms with Crippen LogP contribution in [-0.2, 0) is 6.42 Å². The van der Waals surface area contributed by atoms with Crippen molar-refractivity contribution in [3.05, 3.63) is 81.2 Å². The summed E-state index contributed by atoms with van der Waals surface area (Å²) in [6.45, 7) is 3.98. The van der Waals surface area contributed by atoms with E-state index in [1.165, 1.54) is 0 Å². The number of aryl methyl sites for hydroxylation is 2. The third-order valence-corrected chi connectivity index (χ3v) is 4.96. The summed E-state index contributed by atoms with van der Waals surface area (Å²) in [6, 6.07) is 18.9. The lowest BCUT2D eigenvalue weighted by Gasteiger charge is -2.10. The number of benzene rings is 2. The van der Waals surface area contributed by atoms with Crippen LogP contribution in [-0.4, -0.2) is 10.9 Å². The quantitative estimate of drug-likeness (QED) is 0.449. The number of nitrogens with one attached hydrogen (secondary N) is 1. The number of carbonyl (C=O) groups is 1. The first kappa shape index (κ1) is 19.4. The van der Waals surface area contributed by atoms with E-state index in [1.807, 2.05) is 67.6 Å². The van der Waals surface area contributed by atoms with Crippen LogP contribution in [0.2, 0.25) is 0 Å². The molecular formula is C22H21IN2O2. The lowest BCUT2D eigenvalue weighted by atomic mass is 10.1. The van der Waals surface area contributed by atoms with Gasteiger partial charge in [-0.2, -0.15) is 0 Å². The van der Waals surface area contributed by atoms with Gasteiger partial charge in [-0.3, -0.25) is 9.78 Å². The molecule has 0 bridgehead atoms. The molecule has 0 unspecified atom stereocenters. The van der Waals surface area contributed by atoms with E-state index in [4.69, 9.17) is 4.74 Å². The Morgan fingerprint density at radius 1 is 1.07 bits per heavy atom. The standard InChI is InChI=1S/C22H21IN2O2/c1-3-6-16-11-14-19(15(2)24-16)22(26)25-17-9-12-18(13-10-17)27-21-8-5-4-7-20(21)23/h4-5,7-14H,3,6H2,1-2H3,(H,25,26). The summed E-state index contributed by atoms with van der Waals surface area (Å²) in [5.74, 6) is 1.37. The number of amides is 1. The Balaban J connectivity index is 1.67. The van der Waals surface area contributed by atoms with Gasteiger partial charge >= 0.3 is 0 Å². The maximum atomic E-state index is 12.5. The van der Waals surface area contributed by atoms with Crippen LogP contribution in [0, 0.1) is 10.5 Å². The minimum atomic E-state index is -0.158. The Kier molecular flexibility index (Phi) is 6.45. The van der Waals surface area contributed by atoms with Crippen molar-refractivity contribution in [1.82, 2.24) is 4.98 Å². The fourth-order valence-electron chi connectivity index (χ4n) is 2.71. The topological polar surface area (TPSA) is 51.2 Å². The number of rotatable bonds is 6. The van der Waals surface area contributed by atoms with Gasteiger partial charge in [0.25, 0.3) is 5.91 Å². The summed E-state index contributed by atoms with van der Waals surface area (Å²) in [5.41, 5.74) is 3.07. The Bertz CT molecular complexity index is 939. The molecule has 1 aromatic heterocycles. The second-order valence-corrected chi connectivity index (χ2v) is 7.36. The summed E-state index contributed by atoms with van der Waals surface area (Å²) in [6.07, 6.45) is 1.96. The maximum absolute atomic E-state index is 12.5. The molecule has 0 radical (unpaired) electrons. The molecule has 0 saturated heterocycles. The molecule has 2 aromatic carbocycles. The number of para-hydroxylation sites is 1. The summed E-state index contributed by atoms with van der Waals surface area (Å²) in [4.78, 5) is 17.1. The molecule has 1 amide bonds. The molecule has 3 aromatic rings. The summed E-state index contributed by atoms with van der Waals surface area (Å²) in [5, 5.41) is 2.92. The van der Waals surface area contributed by atoms with Gasteiger partial charge in [0, 0.05) is 11.4 Å². The highest BCUT2D eigenvalue weighted by molar-refractivity contribution is 14.1. The van der Waals surface area contributed by atoms with Crippen molar-refractivity contribution in [2.75, 3.05) is 5.32 Å². The first-order chi connectivity index (χ1) is 13.1. The first-order valence-corrected chi connectivity index (χ1v) is 9.95. The molecule has 0 spiro atoms. The van der Waals surface area contributed by atoms with Crippen LogP contribution in [0.5, 0.6) is 11.5 Å². The van der Waals surface area contributed by atoms with Gasteiger partial charge < -0.3 is 10.1 Å². The molecule has 27 heavy (non-hydrogen) atoms. The average molecular weight is 472 g/mol. The van der Waals surface area contributed by atoms with Gasteiger partial charge in [-0.1, -0.05) is 25.5 Å². The molecule has 1 heterocycles. The predicted molar refractivity (Wildman–Crippen MR) is 117 cm³/mol. The lowest BCUT2D eigenvalue weighted by molar-refractivity contribution is 0.102. The normalized spacial score (nSPS) is 10.5. The molecule has 3 rings (SSSR count). The largest absolute Gasteiger partial charge is 0.456 e. The van der Waals surface area contributed by atoms with Gasteiger partial charge in [0.2, 0.25) is 0 Å².